The van der Waals surface area contributed by atoms with Crippen LogP contribution in [-0.4, -0.2) is 34.0 Å². The summed E-state index contributed by atoms with van der Waals surface area (Å²) in [6, 6.07) is 7.33. The summed E-state index contributed by atoms with van der Waals surface area (Å²) in [5, 5.41) is 9.19. The van der Waals surface area contributed by atoms with Crippen LogP contribution in [0.25, 0.3) is 5.69 Å². The van der Waals surface area contributed by atoms with Gasteiger partial charge in [-0.05, 0) is 37.7 Å². The number of hydrogen-bond acceptors (Lipinski definition) is 6. The van der Waals surface area contributed by atoms with Crippen molar-refractivity contribution in [3.05, 3.63) is 33.8 Å². The Hall–Kier alpha value is -1.71. The Labute approximate surface area is 147 Å². The number of hydrogen-bond donors (Lipinski definition) is 2. The number of carbonyl (C=O) groups is 2. The molecule has 0 atom stereocenters. The number of aromatic nitrogens is 2. The topological polar surface area (TPSA) is 76.0 Å². The quantitative estimate of drug-likeness (QED) is 0.627. The van der Waals surface area contributed by atoms with E-state index < -0.39 is 6.03 Å². The zero-order valence-electron chi connectivity index (χ0n) is 12.7. The molecule has 1 aromatic heterocycles. The number of benzene rings is 1. The Morgan fingerprint density at radius 2 is 2.13 bits per heavy atom. The largest absolute Gasteiger partial charge is 0.338 e. The lowest BCUT2D eigenvalue weighted by Gasteiger charge is -2.04. The van der Waals surface area contributed by atoms with Crippen LogP contribution in [0.1, 0.15) is 12.5 Å². The molecule has 0 aliphatic heterocycles. The van der Waals surface area contributed by atoms with Crippen LogP contribution in [0.2, 0.25) is 0 Å². The lowest BCUT2D eigenvalue weighted by molar-refractivity contribution is -0.117. The minimum atomic E-state index is -0.490. The molecule has 122 valence electrons. The molecule has 2 aromatic rings. The van der Waals surface area contributed by atoms with Gasteiger partial charge in [-0.15, -0.1) is 5.10 Å². The molecule has 0 spiro atoms. The van der Waals surface area contributed by atoms with Crippen LogP contribution in [0, 0.1) is 10.9 Å². The van der Waals surface area contributed by atoms with Gasteiger partial charge in [-0.3, -0.25) is 10.1 Å². The van der Waals surface area contributed by atoms with Crippen molar-refractivity contribution in [2.75, 3.05) is 12.3 Å². The molecule has 0 fully saturated rings. The molecule has 0 aliphatic rings. The SMILES string of the molecule is CCNC(=O)NC(=O)CSc1nn(-c2ccccc2C)c(=S)s1. The first kappa shape index (κ1) is 17.6. The molecular formula is C14H16N4O2S3. The fourth-order valence-electron chi connectivity index (χ4n) is 1.77. The zero-order chi connectivity index (χ0) is 16.8. The van der Waals surface area contributed by atoms with E-state index in [9.17, 15) is 9.59 Å². The van der Waals surface area contributed by atoms with E-state index in [2.05, 4.69) is 15.7 Å². The standard InChI is InChI=1S/C14H16N4O2S3/c1-3-15-12(20)16-11(19)8-22-13-17-18(14(21)23-13)10-7-5-4-6-9(10)2/h4-7H,3,8H2,1-2H3,(H2,15,16,19,20). The second kappa shape index (κ2) is 8.23. The molecular weight excluding hydrogens is 352 g/mol. The van der Waals surface area contributed by atoms with Crippen LogP contribution in [-0.2, 0) is 4.79 Å². The third-order valence-electron chi connectivity index (χ3n) is 2.79. The van der Waals surface area contributed by atoms with Gasteiger partial charge in [0, 0.05) is 6.54 Å². The first-order chi connectivity index (χ1) is 11.0. The van der Waals surface area contributed by atoms with Crippen LogP contribution in [0.4, 0.5) is 4.79 Å². The number of rotatable bonds is 5. The number of thioether (sulfide) groups is 1. The van der Waals surface area contributed by atoms with Gasteiger partial charge in [0.05, 0.1) is 11.4 Å². The number of imide groups is 1. The van der Waals surface area contributed by atoms with E-state index in [4.69, 9.17) is 12.2 Å². The van der Waals surface area contributed by atoms with E-state index in [1.165, 1.54) is 23.1 Å². The van der Waals surface area contributed by atoms with Gasteiger partial charge in [-0.25, -0.2) is 9.48 Å². The number of amides is 3. The summed E-state index contributed by atoms with van der Waals surface area (Å²) in [7, 11) is 0. The van der Waals surface area contributed by atoms with Crippen LogP contribution < -0.4 is 10.6 Å². The van der Waals surface area contributed by atoms with E-state index in [0.717, 1.165) is 11.3 Å². The zero-order valence-corrected chi connectivity index (χ0v) is 15.1. The predicted molar refractivity (Wildman–Crippen MR) is 95.0 cm³/mol. The lowest BCUT2D eigenvalue weighted by atomic mass is 10.2. The smallest absolute Gasteiger partial charge is 0.321 e. The Balaban J connectivity index is 2.02. The van der Waals surface area contributed by atoms with Crippen LogP contribution in [0.15, 0.2) is 28.6 Å². The normalized spacial score (nSPS) is 10.3. The molecule has 0 saturated heterocycles. The molecule has 3 amide bonds. The Bertz CT molecular complexity index is 769. The van der Waals surface area contributed by atoms with Gasteiger partial charge in [0.25, 0.3) is 0 Å². The lowest BCUT2D eigenvalue weighted by Crippen LogP contribution is -2.40. The maximum Gasteiger partial charge on any atom is 0.321 e. The molecule has 1 heterocycles. The van der Waals surface area contributed by atoms with Gasteiger partial charge >= 0.3 is 6.03 Å². The first-order valence-corrected chi connectivity index (χ1v) is 9.09. The molecule has 0 unspecified atom stereocenters. The summed E-state index contributed by atoms with van der Waals surface area (Å²) in [6.45, 7) is 4.24. The van der Waals surface area contributed by atoms with Crippen molar-refractivity contribution in [3.63, 3.8) is 0 Å². The highest BCUT2D eigenvalue weighted by Crippen LogP contribution is 2.24. The molecule has 9 heteroatoms. The van der Waals surface area contributed by atoms with Crippen LogP contribution in [0.5, 0.6) is 0 Å². The van der Waals surface area contributed by atoms with Crippen molar-refractivity contribution in [2.24, 2.45) is 0 Å². The molecule has 0 radical (unpaired) electrons. The summed E-state index contributed by atoms with van der Waals surface area (Å²) in [5.74, 6) is -0.266. The highest BCUT2D eigenvalue weighted by Gasteiger charge is 2.11. The number of nitrogens with one attached hydrogen (secondary N) is 2. The average molecular weight is 369 g/mol. The number of para-hydroxylation sites is 1. The third-order valence-corrected chi connectivity index (χ3v) is 5.16. The molecule has 0 bridgehead atoms. The van der Waals surface area contributed by atoms with Gasteiger partial charge in [-0.2, -0.15) is 0 Å². The second-order valence-corrected chi connectivity index (χ2v) is 7.37. The molecule has 23 heavy (non-hydrogen) atoms. The van der Waals surface area contributed by atoms with E-state index in [1.807, 2.05) is 31.2 Å². The maximum absolute atomic E-state index is 11.7. The van der Waals surface area contributed by atoms with Crippen molar-refractivity contribution in [3.8, 4) is 5.69 Å². The highest BCUT2D eigenvalue weighted by atomic mass is 32.2. The summed E-state index contributed by atoms with van der Waals surface area (Å²) < 4.78 is 2.99. The number of carbonyl (C=O) groups excluding carboxylic acids is 2. The third kappa shape index (κ3) is 4.88. The highest BCUT2D eigenvalue weighted by molar-refractivity contribution is 8.01. The number of aryl methyl sites for hydroxylation is 1. The Morgan fingerprint density at radius 3 is 2.83 bits per heavy atom. The first-order valence-electron chi connectivity index (χ1n) is 6.88. The summed E-state index contributed by atoms with van der Waals surface area (Å²) >= 11 is 7.93. The number of nitrogens with zero attached hydrogens (tertiary/aromatic N) is 2. The number of urea groups is 1. The van der Waals surface area contributed by atoms with Crippen molar-refractivity contribution >= 4 is 47.3 Å². The summed E-state index contributed by atoms with van der Waals surface area (Å²) in [5.41, 5.74) is 1.99. The molecule has 2 rings (SSSR count). The minimum Gasteiger partial charge on any atom is -0.338 e. The summed E-state index contributed by atoms with van der Waals surface area (Å²) in [6.07, 6.45) is 0. The van der Waals surface area contributed by atoms with Crippen LogP contribution in [0.3, 0.4) is 0 Å². The van der Waals surface area contributed by atoms with Crippen molar-refractivity contribution in [1.82, 2.24) is 20.4 Å². The van der Waals surface area contributed by atoms with Crippen molar-refractivity contribution in [1.29, 1.82) is 0 Å². The van der Waals surface area contributed by atoms with E-state index in [1.54, 1.807) is 11.6 Å². The van der Waals surface area contributed by atoms with Gasteiger partial charge < -0.3 is 5.32 Å². The van der Waals surface area contributed by atoms with Gasteiger partial charge in [0.2, 0.25) is 5.91 Å². The minimum absolute atomic E-state index is 0.104. The van der Waals surface area contributed by atoms with E-state index >= 15 is 0 Å². The van der Waals surface area contributed by atoms with E-state index in [-0.39, 0.29) is 11.7 Å². The van der Waals surface area contributed by atoms with E-state index in [0.29, 0.717) is 14.8 Å². The van der Waals surface area contributed by atoms with Crippen molar-refractivity contribution in [2.45, 2.75) is 18.2 Å². The molecule has 0 aliphatic carbocycles. The van der Waals surface area contributed by atoms with Gasteiger partial charge in [0.15, 0.2) is 8.29 Å². The molecule has 0 saturated carbocycles. The Morgan fingerprint density at radius 1 is 1.39 bits per heavy atom. The molecule has 2 N–H and O–H groups in total. The van der Waals surface area contributed by atoms with Gasteiger partial charge in [-0.1, -0.05) is 41.3 Å². The Kier molecular flexibility index (Phi) is 6.31. The average Bonchev–Trinajstić information content (AvgIpc) is 2.87. The fourth-order valence-corrected chi connectivity index (χ4v) is 3.91. The van der Waals surface area contributed by atoms with Crippen molar-refractivity contribution < 1.29 is 9.59 Å². The van der Waals surface area contributed by atoms with Gasteiger partial charge in [0.1, 0.15) is 0 Å². The predicted octanol–water partition coefficient (Wildman–Crippen LogP) is 2.91. The second-order valence-electron chi connectivity index (χ2n) is 4.53. The maximum atomic E-state index is 11.7. The molecule has 1 aromatic carbocycles. The molecule has 6 nitrogen and oxygen atoms in total. The monoisotopic (exact) mass is 368 g/mol. The fraction of sp³-hybridized carbons (Fsp3) is 0.286. The van der Waals surface area contributed by atoms with Crippen LogP contribution >= 0.6 is 35.3 Å². The summed E-state index contributed by atoms with van der Waals surface area (Å²) in [4.78, 5) is 22.9.